The molecule has 0 bridgehead atoms. The summed E-state index contributed by atoms with van der Waals surface area (Å²) in [6.07, 6.45) is 3.17. The summed E-state index contributed by atoms with van der Waals surface area (Å²) < 4.78 is 18.4. The van der Waals surface area contributed by atoms with Crippen molar-refractivity contribution in [3.8, 4) is 5.75 Å². The number of nitrogens with zero attached hydrogens (tertiary/aromatic N) is 2. The van der Waals surface area contributed by atoms with Gasteiger partial charge in [-0.25, -0.2) is 4.39 Å². The number of ether oxygens (including phenoxy) is 1. The molecule has 0 spiro atoms. The quantitative estimate of drug-likeness (QED) is 0.310. The zero-order chi connectivity index (χ0) is 16.7. The molecule has 1 aromatic carbocycles. The molecule has 2 rings (SSSR count). The molecule has 1 heterocycles. The largest absolute Gasteiger partial charge is 0.494 e. The molecular weight excluding hydrogens is 420 g/mol. The summed E-state index contributed by atoms with van der Waals surface area (Å²) in [5.41, 5.74) is 0.376. The zero-order valence-corrected chi connectivity index (χ0v) is 17.2. The van der Waals surface area contributed by atoms with Gasteiger partial charge in [-0.1, -0.05) is 13.8 Å². The monoisotopic (exact) mass is 449 g/mol. The minimum atomic E-state index is -0.238. The lowest BCUT2D eigenvalue weighted by Gasteiger charge is -2.23. The van der Waals surface area contributed by atoms with E-state index in [9.17, 15) is 4.39 Å². The van der Waals surface area contributed by atoms with Gasteiger partial charge in [0.25, 0.3) is 0 Å². The number of guanidine groups is 1. The van der Waals surface area contributed by atoms with Crippen LogP contribution in [0.5, 0.6) is 5.75 Å². The summed E-state index contributed by atoms with van der Waals surface area (Å²) in [5.74, 6) is 1.47. The summed E-state index contributed by atoms with van der Waals surface area (Å²) in [7, 11) is 1.84. The minimum Gasteiger partial charge on any atom is -0.494 e. The third-order valence-corrected chi connectivity index (χ3v) is 4.13. The number of nitrogens with one attached hydrogen (secondary N) is 1. The number of benzene rings is 1. The molecule has 1 fully saturated rings. The predicted molar refractivity (Wildman–Crippen MR) is 108 cm³/mol. The first-order valence-corrected chi connectivity index (χ1v) is 8.34. The first kappa shape index (κ1) is 21.0. The van der Waals surface area contributed by atoms with Gasteiger partial charge in [0, 0.05) is 26.7 Å². The molecule has 0 aliphatic carbocycles. The normalized spacial score (nSPS) is 16.7. The fraction of sp³-hybridized carbons (Fsp3) is 0.611. The van der Waals surface area contributed by atoms with Crippen molar-refractivity contribution < 1.29 is 9.13 Å². The molecule has 1 N–H and O–H groups in total. The van der Waals surface area contributed by atoms with Crippen LogP contribution in [-0.2, 0) is 0 Å². The smallest absolute Gasteiger partial charge is 0.193 e. The van der Waals surface area contributed by atoms with Crippen molar-refractivity contribution in [3.63, 3.8) is 0 Å². The van der Waals surface area contributed by atoms with Gasteiger partial charge >= 0.3 is 0 Å². The maximum absolute atomic E-state index is 12.8. The Bertz CT molecular complexity index is 520. The van der Waals surface area contributed by atoms with Crippen LogP contribution in [-0.4, -0.2) is 44.1 Å². The van der Waals surface area contributed by atoms with Crippen LogP contribution in [0.3, 0.4) is 0 Å². The number of hydrogen-bond acceptors (Lipinski definition) is 2. The highest BCUT2D eigenvalue weighted by Crippen LogP contribution is 2.28. The van der Waals surface area contributed by atoms with Gasteiger partial charge in [-0.2, -0.15) is 0 Å². The second-order valence-corrected chi connectivity index (χ2v) is 6.82. The van der Waals surface area contributed by atoms with Gasteiger partial charge < -0.3 is 15.0 Å². The molecule has 6 heteroatoms. The van der Waals surface area contributed by atoms with E-state index >= 15 is 0 Å². The van der Waals surface area contributed by atoms with Crippen LogP contribution in [0.1, 0.15) is 33.1 Å². The van der Waals surface area contributed by atoms with Crippen molar-refractivity contribution in [2.75, 3.05) is 33.3 Å². The van der Waals surface area contributed by atoms with Crippen molar-refractivity contribution in [1.82, 2.24) is 10.2 Å². The average molecular weight is 449 g/mol. The van der Waals surface area contributed by atoms with Gasteiger partial charge in [0.05, 0.1) is 6.61 Å². The Morgan fingerprint density at radius 1 is 1.29 bits per heavy atom. The summed E-state index contributed by atoms with van der Waals surface area (Å²) >= 11 is 0. The van der Waals surface area contributed by atoms with Crippen molar-refractivity contribution in [2.45, 2.75) is 33.1 Å². The second kappa shape index (κ2) is 10.1. The number of unbranched alkanes of at least 4 members (excludes halogenated alkanes) is 1. The van der Waals surface area contributed by atoms with Crippen LogP contribution in [0.15, 0.2) is 29.3 Å². The van der Waals surface area contributed by atoms with Crippen LogP contribution in [0, 0.1) is 11.2 Å². The van der Waals surface area contributed by atoms with Gasteiger partial charge in [0.1, 0.15) is 11.6 Å². The maximum Gasteiger partial charge on any atom is 0.193 e. The van der Waals surface area contributed by atoms with E-state index in [1.165, 1.54) is 18.6 Å². The van der Waals surface area contributed by atoms with Gasteiger partial charge in [-0.15, -0.1) is 24.0 Å². The molecule has 0 atom stereocenters. The summed E-state index contributed by atoms with van der Waals surface area (Å²) in [6, 6.07) is 6.14. The van der Waals surface area contributed by atoms with Crippen LogP contribution in [0.25, 0.3) is 0 Å². The number of likely N-dealkylation sites (tertiary alicyclic amines) is 1. The highest BCUT2D eigenvalue weighted by Gasteiger charge is 2.30. The second-order valence-electron chi connectivity index (χ2n) is 6.82. The van der Waals surface area contributed by atoms with Crippen LogP contribution in [0.2, 0.25) is 0 Å². The van der Waals surface area contributed by atoms with Gasteiger partial charge in [-0.05, 0) is 48.9 Å². The van der Waals surface area contributed by atoms with Crippen molar-refractivity contribution in [3.05, 3.63) is 30.1 Å². The summed E-state index contributed by atoms with van der Waals surface area (Å²) in [4.78, 5) is 6.70. The van der Waals surface area contributed by atoms with Crippen LogP contribution in [0.4, 0.5) is 4.39 Å². The number of hydrogen-bond donors (Lipinski definition) is 1. The van der Waals surface area contributed by atoms with E-state index in [-0.39, 0.29) is 29.8 Å². The zero-order valence-electron chi connectivity index (χ0n) is 14.8. The lowest BCUT2D eigenvalue weighted by Crippen LogP contribution is -2.41. The van der Waals surface area contributed by atoms with Crippen LogP contribution >= 0.6 is 24.0 Å². The molecule has 1 aromatic rings. The lowest BCUT2D eigenvalue weighted by atomic mass is 9.93. The van der Waals surface area contributed by atoms with Gasteiger partial charge in [0.2, 0.25) is 0 Å². The number of rotatable bonds is 6. The van der Waals surface area contributed by atoms with E-state index in [2.05, 4.69) is 29.1 Å². The summed E-state index contributed by atoms with van der Waals surface area (Å²) in [6.45, 7) is 8.25. The molecule has 0 aromatic heterocycles. The molecular formula is C18H29FIN3O. The van der Waals surface area contributed by atoms with Gasteiger partial charge in [-0.3, -0.25) is 4.99 Å². The molecule has 0 saturated carbocycles. The molecule has 0 amide bonds. The summed E-state index contributed by atoms with van der Waals surface area (Å²) in [5, 5.41) is 3.43. The third kappa shape index (κ3) is 6.83. The van der Waals surface area contributed by atoms with E-state index in [1.807, 2.05) is 7.05 Å². The van der Waals surface area contributed by atoms with Crippen molar-refractivity contribution >= 4 is 29.9 Å². The highest BCUT2D eigenvalue weighted by atomic mass is 127. The molecule has 1 aliphatic rings. The van der Waals surface area contributed by atoms with E-state index in [0.29, 0.717) is 12.0 Å². The number of aliphatic imine (C=N–C) groups is 1. The van der Waals surface area contributed by atoms with E-state index in [4.69, 9.17) is 4.74 Å². The molecule has 136 valence electrons. The Hall–Kier alpha value is -1.05. The molecule has 4 nitrogen and oxygen atoms in total. The Kier molecular flexibility index (Phi) is 8.80. The first-order chi connectivity index (χ1) is 11.0. The molecule has 1 saturated heterocycles. The maximum atomic E-state index is 12.8. The van der Waals surface area contributed by atoms with Crippen molar-refractivity contribution in [2.24, 2.45) is 10.4 Å². The fourth-order valence-electron chi connectivity index (χ4n) is 2.77. The van der Waals surface area contributed by atoms with E-state index < -0.39 is 0 Å². The van der Waals surface area contributed by atoms with E-state index in [1.54, 1.807) is 12.1 Å². The molecule has 0 unspecified atom stereocenters. The Morgan fingerprint density at radius 3 is 2.58 bits per heavy atom. The van der Waals surface area contributed by atoms with Crippen molar-refractivity contribution in [1.29, 1.82) is 0 Å². The Morgan fingerprint density at radius 2 is 2.00 bits per heavy atom. The van der Waals surface area contributed by atoms with Crippen LogP contribution < -0.4 is 10.1 Å². The minimum absolute atomic E-state index is 0. The predicted octanol–water partition coefficient (Wildman–Crippen LogP) is 3.91. The van der Waals surface area contributed by atoms with E-state index in [0.717, 1.165) is 44.2 Å². The fourth-order valence-corrected chi connectivity index (χ4v) is 2.77. The molecule has 24 heavy (non-hydrogen) atoms. The topological polar surface area (TPSA) is 36.9 Å². The standard InChI is InChI=1S/C18H28FN3O.HI/c1-18(2)10-12-22(14-18)17(20-3)21-11-4-5-13-23-16-8-6-15(19)7-9-16;/h6-9H,4-5,10-14H2,1-3H3,(H,20,21);1H. The SMILES string of the molecule is CN=C(NCCCCOc1ccc(F)cc1)N1CCC(C)(C)C1.I. The molecule has 1 aliphatic heterocycles. The Balaban J connectivity index is 0.00000288. The third-order valence-electron chi connectivity index (χ3n) is 4.13. The highest BCUT2D eigenvalue weighted by molar-refractivity contribution is 14.0. The number of halogens is 2. The van der Waals surface area contributed by atoms with Gasteiger partial charge in [0.15, 0.2) is 5.96 Å². The average Bonchev–Trinajstić information content (AvgIpc) is 2.88. The first-order valence-electron chi connectivity index (χ1n) is 8.34. The Labute approximate surface area is 161 Å². The molecule has 0 radical (unpaired) electrons. The lowest BCUT2D eigenvalue weighted by molar-refractivity contribution is 0.306.